The van der Waals surface area contributed by atoms with Gasteiger partial charge in [-0.15, -0.1) is 10.2 Å². The topological polar surface area (TPSA) is 102 Å². The van der Waals surface area contributed by atoms with Gasteiger partial charge in [0.2, 0.25) is 0 Å². The summed E-state index contributed by atoms with van der Waals surface area (Å²) in [6.07, 6.45) is 2.10. The lowest BCUT2D eigenvalue weighted by Crippen LogP contribution is -2.25. The second kappa shape index (κ2) is 6.35. The standard InChI is InChI=1S/C12H19N3O4S2/c1-8(2)15-11(9-5-3-4-6-21(9,18)19)13-14-12(15)20-7-10(16)17/h8-9H,3-7H2,1-2H3,(H,16,17). The van der Waals surface area contributed by atoms with Crippen LogP contribution in [0.3, 0.4) is 0 Å². The Labute approximate surface area is 128 Å². The van der Waals surface area contributed by atoms with Crippen molar-refractivity contribution in [2.24, 2.45) is 0 Å². The number of hydrogen-bond donors (Lipinski definition) is 1. The highest BCUT2D eigenvalue weighted by Gasteiger charge is 2.35. The largest absolute Gasteiger partial charge is 0.481 e. The molecule has 1 aliphatic heterocycles. The summed E-state index contributed by atoms with van der Waals surface area (Å²) in [5.41, 5.74) is 0. The van der Waals surface area contributed by atoms with Gasteiger partial charge in [0.05, 0.1) is 11.5 Å². The molecule has 7 nitrogen and oxygen atoms in total. The van der Waals surface area contributed by atoms with Gasteiger partial charge in [-0.3, -0.25) is 4.79 Å². The van der Waals surface area contributed by atoms with Crippen LogP contribution in [0, 0.1) is 0 Å². The molecule has 0 aliphatic carbocycles. The Hall–Kier alpha value is -1.09. The predicted molar refractivity (Wildman–Crippen MR) is 79.1 cm³/mol. The fourth-order valence-electron chi connectivity index (χ4n) is 2.46. The number of sulfone groups is 1. The van der Waals surface area contributed by atoms with Crippen LogP contribution in [0.4, 0.5) is 0 Å². The number of thioether (sulfide) groups is 1. The maximum absolute atomic E-state index is 12.3. The van der Waals surface area contributed by atoms with Crippen LogP contribution in [0.15, 0.2) is 5.16 Å². The lowest BCUT2D eigenvalue weighted by molar-refractivity contribution is -0.133. The molecule has 0 bridgehead atoms. The van der Waals surface area contributed by atoms with E-state index in [9.17, 15) is 13.2 Å². The molecule has 1 N–H and O–H groups in total. The third-order valence-corrected chi connectivity index (χ3v) is 6.50. The van der Waals surface area contributed by atoms with Crippen molar-refractivity contribution in [3.05, 3.63) is 5.82 Å². The molecule has 2 rings (SSSR count). The number of aromatic nitrogens is 3. The highest BCUT2D eigenvalue weighted by Crippen LogP contribution is 2.35. The van der Waals surface area contributed by atoms with Gasteiger partial charge in [0.25, 0.3) is 0 Å². The quantitative estimate of drug-likeness (QED) is 0.818. The fourth-order valence-corrected chi connectivity index (χ4v) is 5.16. The molecule has 0 aromatic carbocycles. The van der Waals surface area contributed by atoms with Crippen LogP contribution in [0.25, 0.3) is 0 Å². The zero-order valence-electron chi connectivity index (χ0n) is 12.0. The Kier molecular flexibility index (Phi) is 4.92. The first kappa shape index (κ1) is 16.3. The van der Waals surface area contributed by atoms with Crippen LogP contribution in [0.2, 0.25) is 0 Å². The molecule has 1 aliphatic rings. The predicted octanol–water partition coefficient (Wildman–Crippen LogP) is 1.68. The van der Waals surface area contributed by atoms with E-state index in [4.69, 9.17) is 5.11 Å². The molecule has 0 saturated carbocycles. The lowest BCUT2D eigenvalue weighted by Gasteiger charge is -2.23. The van der Waals surface area contributed by atoms with Crippen molar-refractivity contribution < 1.29 is 18.3 Å². The van der Waals surface area contributed by atoms with E-state index in [2.05, 4.69) is 10.2 Å². The second-order valence-corrected chi connectivity index (χ2v) is 8.58. The molecular formula is C12H19N3O4S2. The van der Waals surface area contributed by atoms with E-state index in [1.54, 1.807) is 4.57 Å². The van der Waals surface area contributed by atoms with Crippen molar-refractivity contribution in [1.29, 1.82) is 0 Å². The Morgan fingerprint density at radius 2 is 2.14 bits per heavy atom. The smallest absolute Gasteiger partial charge is 0.313 e. The van der Waals surface area contributed by atoms with Gasteiger partial charge < -0.3 is 9.67 Å². The van der Waals surface area contributed by atoms with Crippen molar-refractivity contribution in [1.82, 2.24) is 14.8 Å². The molecule has 1 saturated heterocycles. The minimum Gasteiger partial charge on any atom is -0.481 e. The fraction of sp³-hybridized carbons (Fsp3) is 0.750. The summed E-state index contributed by atoms with van der Waals surface area (Å²) in [5.74, 6) is -0.439. The Balaban J connectivity index is 2.37. The molecule has 2 heterocycles. The molecule has 0 spiro atoms. The van der Waals surface area contributed by atoms with Gasteiger partial charge in [0.15, 0.2) is 20.8 Å². The molecule has 1 unspecified atom stereocenters. The first-order valence-electron chi connectivity index (χ1n) is 6.84. The number of aliphatic carboxylic acids is 1. The van der Waals surface area contributed by atoms with Crippen molar-refractivity contribution in [3.63, 3.8) is 0 Å². The normalized spacial score (nSPS) is 21.6. The van der Waals surface area contributed by atoms with E-state index in [-0.39, 0.29) is 17.5 Å². The van der Waals surface area contributed by atoms with Crippen LogP contribution in [0.5, 0.6) is 0 Å². The first-order valence-corrected chi connectivity index (χ1v) is 9.54. The van der Waals surface area contributed by atoms with Crippen molar-refractivity contribution in [3.8, 4) is 0 Å². The van der Waals surface area contributed by atoms with Crippen molar-refractivity contribution >= 4 is 27.6 Å². The average molecular weight is 333 g/mol. The van der Waals surface area contributed by atoms with Gasteiger partial charge in [-0.05, 0) is 26.7 Å². The van der Waals surface area contributed by atoms with Gasteiger partial charge >= 0.3 is 5.97 Å². The summed E-state index contributed by atoms with van der Waals surface area (Å²) in [4.78, 5) is 10.7. The van der Waals surface area contributed by atoms with Gasteiger partial charge in [-0.25, -0.2) is 8.42 Å². The Bertz CT molecular complexity index is 624. The summed E-state index contributed by atoms with van der Waals surface area (Å²) >= 11 is 1.06. The van der Waals surface area contributed by atoms with E-state index in [1.807, 2.05) is 13.8 Å². The zero-order valence-corrected chi connectivity index (χ0v) is 13.7. The minimum absolute atomic E-state index is 0.0246. The number of hydrogen-bond acceptors (Lipinski definition) is 6. The van der Waals surface area contributed by atoms with Crippen molar-refractivity contribution in [2.45, 2.75) is 49.6 Å². The molecule has 0 radical (unpaired) electrons. The molecule has 1 aromatic heterocycles. The molecule has 0 amide bonds. The number of carbonyl (C=O) groups is 1. The molecule has 9 heteroatoms. The maximum atomic E-state index is 12.3. The zero-order chi connectivity index (χ0) is 15.6. The summed E-state index contributed by atoms with van der Waals surface area (Å²) < 4.78 is 26.3. The second-order valence-electron chi connectivity index (χ2n) is 5.34. The third kappa shape index (κ3) is 3.57. The van der Waals surface area contributed by atoms with Crippen LogP contribution in [-0.4, -0.2) is 45.8 Å². The first-order chi connectivity index (χ1) is 9.83. The summed E-state index contributed by atoms with van der Waals surface area (Å²) in [7, 11) is -3.20. The number of carboxylic acid groups (broad SMARTS) is 1. The van der Waals surface area contributed by atoms with E-state index in [0.29, 0.717) is 23.8 Å². The van der Waals surface area contributed by atoms with Gasteiger partial charge in [0, 0.05) is 6.04 Å². The van der Waals surface area contributed by atoms with Crippen LogP contribution in [0.1, 0.15) is 50.2 Å². The van der Waals surface area contributed by atoms with Gasteiger partial charge in [0.1, 0.15) is 5.25 Å². The maximum Gasteiger partial charge on any atom is 0.313 e. The van der Waals surface area contributed by atoms with Crippen LogP contribution >= 0.6 is 11.8 Å². The summed E-state index contributed by atoms with van der Waals surface area (Å²) in [5, 5.41) is 16.7. The van der Waals surface area contributed by atoms with Crippen molar-refractivity contribution in [2.75, 3.05) is 11.5 Å². The molecule has 1 atom stereocenters. The molecule has 118 valence electrons. The number of rotatable bonds is 5. The molecule has 1 aromatic rings. The molecule has 1 fully saturated rings. The number of carboxylic acids is 1. The Morgan fingerprint density at radius 3 is 2.71 bits per heavy atom. The van der Waals surface area contributed by atoms with E-state index < -0.39 is 21.1 Å². The highest BCUT2D eigenvalue weighted by molar-refractivity contribution is 7.99. The van der Waals surface area contributed by atoms with E-state index in [0.717, 1.165) is 18.2 Å². The monoisotopic (exact) mass is 333 g/mol. The summed E-state index contributed by atoms with van der Waals surface area (Å²) in [6, 6.07) is -0.0246. The SMILES string of the molecule is CC(C)n1c(SCC(=O)O)nnc1C1CCCCS1(=O)=O. The third-order valence-electron chi connectivity index (χ3n) is 3.40. The number of nitrogens with zero attached hydrogens (tertiary/aromatic N) is 3. The van der Waals surface area contributed by atoms with Gasteiger partial charge in [-0.1, -0.05) is 18.2 Å². The van der Waals surface area contributed by atoms with Gasteiger partial charge in [-0.2, -0.15) is 0 Å². The average Bonchev–Trinajstić information content (AvgIpc) is 2.79. The molecule has 21 heavy (non-hydrogen) atoms. The highest BCUT2D eigenvalue weighted by atomic mass is 32.2. The lowest BCUT2D eigenvalue weighted by atomic mass is 10.2. The van der Waals surface area contributed by atoms with Crippen LogP contribution in [-0.2, 0) is 14.6 Å². The summed E-state index contributed by atoms with van der Waals surface area (Å²) in [6.45, 7) is 3.82. The Morgan fingerprint density at radius 1 is 1.43 bits per heavy atom. The van der Waals surface area contributed by atoms with E-state index >= 15 is 0 Å². The molecular weight excluding hydrogens is 314 g/mol. The minimum atomic E-state index is -3.20. The van der Waals surface area contributed by atoms with Crippen LogP contribution < -0.4 is 0 Å². The van der Waals surface area contributed by atoms with E-state index in [1.165, 1.54) is 0 Å².